The van der Waals surface area contributed by atoms with Crippen molar-refractivity contribution in [3.63, 3.8) is 0 Å². The predicted octanol–water partition coefficient (Wildman–Crippen LogP) is -1.10. The molecule has 0 radical (unpaired) electrons. The number of ether oxygens (including phenoxy) is 2. The van der Waals surface area contributed by atoms with Crippen LogP contribution in [0.1, 0.15) is 6.23 Å². The quantitative estimate of drug-likeness (QED) is 0.438. The number of nitrogen functional groups attached to an aromatic ring is 1. The van der Waals surface area contributed by atoms with E-state index in [1.54, 1.807) is 0 Å². The van der Waals surface area contributed by atoms with Crippen molar-refractivity contribution in [2.24, 2.45) is 0 Å². The van der Waals surface area contributed by atoms with E-state index in [0.717, 1.165) is 12.3 Å². The number of carboxylic acids is 1. The van der Waals surface area contributed by atoms with E-state index in [2.05, 4.69) is 9.72 Å². The lowest BCUT2D eigenvalue weighted by Crippen LogP contribution is -2.42. The smallest absolute Gasteiger partial charge is 0.351 e. The van der Waals surface area contributed by atoms with E-state index in [0.29, 0.717) is 16.7 Å². The molecule has 2 rings (SSSR count). The first-order valence-corrected chi connectivity index (χ1v) is 6.76. The van der Waals surface area contributed by atoms with Crippen LogP contribution in [0.4, 0.5) is 14.6 Å². The van der Waals surface area contributed by atoms with E-state index in [-0.39, 0.29) is 5.82 Å². The summed E-state index contributed by atoms with van der Waals surface area (Å²) in [7, 11) is 0. The number of hydrogen-bond acceptors (Lipinski definition) is 8. The first-order valence-electron chi connectivity index (χ1n) is 6.76. The van der Waals surface area contributed by atoms with Gasteiger partial charge in [0, 0.05) is 18.3 Å². The Bertz CT molecular complexity index is 764. The molecule has 2 heterocycles. The molecular formula is C13H13F2N3O7. The Morgan fingerprint density at radius 2 is 2.16 bits per heavy atom. The van der Waals surface area contributed by atoms with Gasteiger partial charge in [-0.2, -0.15) is 13.8 Å². The lowest BCUT2D eigenvalue weighted by Gasteiger charge is -2.20. The number of aliphatic carboxylic acids is 1. The summed E-state index contributed by atoms with van der Waals surface area (Å²) in [6, 6.07) is 1.09. The Hall–Kier alpha value is -2.86. The lowest BCUT2D eigenvalue weighted by molar-refractivity contribution is -0.146. The fraction of sp³-hybridized carbons (Fsp3) is 0.385. The fourth-order valence-corrected chi connectivity index (χ4v) is 2.06. The van der Waals surface area contributed by atoms with Crippen LogP contribution in [0, 0.1) is 0 Å². The molecule has 1 fully saturated rings. The van der Waals surface area contributed by atoms with Crippen molar-refractivity contribution in [3.8, 4) is 0 Å². The fourth-order valence-electron chi connectivity index (χ4n) is 2.06. The van der Waals surface area contributed by atoms with Gasteiger partial charge in [-0.25, -0.2) is 14.4 Å². The van der Waals surface area contributed by atoms with E-state index < -0.39 is 48.6 Å². The van der Waals surface area contributed by atoms with E-state index in [4.69, 9.17) is 15.6 Å². The summed E-state index contributed by atoms with van der Waals surface area (Å²) in [6.45, 7) is -0.785. The number of aliphatic hydroxyl groups is 1. The average molecular weight is 361 g/mol. The molecule has 136 valence electrons. The van der Waals surface area contributed by atoms with Gasteiger partial charge >= 0.3 is 23.6 Å². The van der Waals surface area contributed by atoms with Crippen LogP contribution >= 0.6 is 0 Å². The predicted molar refractivity (Wildman–Crippen MR) is 75.5 cm³/mol. The summed E-state index contributed by atoms with van der Waals surface area (Å²) in [5.41, 5.74) is 4.16. The number of aromatic nitrogens is 2. The van der Waals surface area contributed by atoms with Gasteiger partial charge in [0.1, 0.15) is 18.5 Å². The first kappa shape index (κ1) is 18.5. The minimum absolute atomic E-state index is 0.182. The maximum absolute atomic E-state index is 14.2. The largest absolute Gasteiger partial charge is 0.478 e. The molecule has 0 saturated carbocycles. The van der Waals surface area contributed by atoms with Crippen molar-refractivity contribution in [3.05, 3.63) is 34.9 Å². The zero-order valence-corrected chi connectivity index (χ0v) is 12.4. The lowest BCUT2D eigenvalue weighted by atomic mass is 10.1. The Kier molecular flexibility index (Phi) is 5.13. The van der Waals surface area contributed by atoms with E-state index in [1.165, 1.54) is 0 Å². The monoisotopic (exact) mass is 361 g/mol. The van der Waals surface area contributed by atoms with Gasteiger partial charge < -0.3 is 25.4 Å². The number of halogens is 2. The van der Waals surface area contributed by atoms with E-state index in [9.17, 15) is 28.3 Å². The number of anilines is 1. The molecule has 3 atom stereocenters. The van der Waals surface area contributed by atoms with Crippen LogP contribution in [0.15, 0.2) is 29.2 Å². The van der Waals surface area contributed by atoms with Crippen LogP contribution < -0.4 is 11.4 Å². The third-order valence-corrected chi connectivity index (χ3v) is 3.24. The molecule has 0 aliphatic carbocycles. The SMILES string of the molecule is Nc1ccn([C@@H]2O[C@H](COC(=O)/C=C\C(=O)O)[C@@H](O)C2(F)F)c(=O)n1. The molecule has 4 N–H and O–H groups in total. The van der Waals surface area contributed by atoms with Gasteiger partial charge in [0.05, 0.1) is 0 Å². The molecule has 1 aliphatic heterocycles. The molecule has 12 heteroatoms. The molecule has 1 aliphatic rings. The van der Waals surface area contributed by atoms with Gasteiger partial charge in [0.25, 0.3) is 0 Å². The third-order valence-electron chi connectivity index (χ3n) is 3.24. The number of nitrogens with zero attached hydrogens (tertiary/aromatic N) is 2. The first-order chi connectivity index (χ1) is 11.6. The van der Waals surface area contributed by atoms with Crippen LogP contribution in [-0.2, 0) is 19.1 Å². The number of carbonyl (C=O) groups is 2. The van der Waals surface area contributed by atoms with Gasteiger partial charge in [-0.3, -0.25) is 4.57 Å². The molecule has 0 spiro atoms. The summed E-state index contributed by atoms with van der Waals surface area (Å²) in [5, 5.41) is 18.0. The zero-order valence-electron chi connectivity index (χ0n) is 12.4. The Morgan fingerprint density at radius 3 is 2.76 bits per heavy atom. The van der Waals surface area contributed by atoms with Crippen molar-refractivity contribution in [1.29, 1.82) is 0 Å². The van der Waals surface area contributed by atoms with Crippen LogP contribution in [0.2, 0.25) is 0 Å². The zero-order chi connectivity index (χ0) is 18.8. The van der Waals surface area contributed by atoms with E-state index in [1.807, 2.05) is 0 Å². The van der Waals surface area contributed by atoms with Gasteiger partial charge in [-0.15, -0.1) is 0 Å². The van der Waals surface area contributed by atoms with E-state index >= 15 is 0 Å². The molecule has 1 aromatic heterocycles. The number of carboxylic acid groups (broad SMARTS) is 1. The highest BCUT2D eigenvalue weighted by atomic mass is 19.3. The maximum Gasteiger partial charge on any atom is 0.351 e. The van der Waals surface area contributed by atoms with Crippen molar-refractivity contribution >= 4 is 17.8 Å². The summed E-state index contributed by atoms with van der Waals surface area (Å²) in [5.74, 6) is -6.60. The molecule has 0 bridgehead atoms. The maximum atomic E-state index is 14.2. The number of aliphatic hydroxyl groups excluding tert-OH is 1. The summed E-state index contributed by atoms with van der Waals surface area (Å²) >= 11 is 0. The molecule has 1 aromatic rings. The van der Waals surface area contributed by atoms with Gasteiger partial charge in [0.15, 0.2) is 6.10 Å². The van der Waals surface area contributed by atoms with Crippen molar-refractivity contribution < 1.29 is 38.1 Å². The topological polar surface area (TPSA) is 154 Å². The average Bonchev–Trinajstić information content (AvgIpc) is 2.74. The standard InChI is InChI=1S/C13H13F2N3O7/c14-13(15)10(22)6(5-24-9(21)2-1-8(19)20)25-11(13)18-4-3-7(16)17-12(18)23/h1-4,6,10-11,22H,5H2,(H,19,20)(H2,16,17,23)/b2-1-/t6-,10-,11-/m1/s1. The van der Waals surface area contributed by atoms with Crippen molar-refractivity contribution in [2.75, 3.05) is 12.3 Å². The molecule has 0 aromatic carbocycles. The minimum Gasteiger partial charge on any atom is -0.478 e. The summed E-state index contributed by atoms with van der Waals surface area (Å²) in [6.07, 6.45) is -4.22. The van der Waals surface area contributed by atoms with Gasteiger partial charge in [-0.05, 0) is 6.07 Å². The highest BCUT2D eigenvalue weighted by molar-refractivity contribution is 5.90. The molecule has 0 amide bonds. The third kappa shape index (κ3) is 3.97. The number of esters is 1. The summed E-state index contributed by atoms with van der Waals surface area (Å²) in [4.78, 5) is 36.4. The van der Waals surface area contributed by atoms with Crippen molar-refractivity contribution in [2.45, 2.75) is 24.4 Å². The number of rotatable bonds is 5. The Labute approximate surface area is 138 Å². The van der Waals surface area contributed by atoms with Crippen molar-refractivity contribution in [1.82, 2.24) is 9.55 Å². The normalized spacial score (nSPS) is 25.2. The highest BCUT2D eigenvalue weighted by Crippen LogP contribution is 2.42. The number of nitrogens with two attached hydrogens (primary N) is 1. The molecule has 0 unspecified atom stereocenters. The molecular weight excluding hydrogens is 348 g/mol. The van der Waals surface area contributed by atoms with Crippen LogP contribution in [0.3, 0.4) is 0 Å². The number of hydrogen-bond donors (Lipinski definition) is 3. The minimum atomic E-state index is -3.88. The van der Waals surface area contributed by atoms with Crippen LogP contribution in [-0.4, -0.2) is 56.4 Å². The second-order valence-corrected chi connectivity index (χ2v) is 4.99. The Morgan fingerprint density at radius 1 is 1.48 bits per heavy atom. The molecule has 10 nitrogen and oxygen atoms in total. The Balaban J connectivity index is 2.12. The number of alkyl halides is 2. The molecule has 25 heavy (non-hydrogen) atoms. The summed E-state index contributed by atoms with van der Waals surface area (Å²) < 4.78 is 38.3. The highest BCUT2D eigenvalue weighted by Gasteiger charge is 2.60. The second-order valence-electron chi connectivity index (χ2n) is 4.99. The van der Waals surface area contributed by atoms with Crippen LogP contribution in [0.25, 0.3) is 0 Å². The van der Waals surface area contributed by atoms with Crippen LogP contribution in [0.5, 0.6) is 0 Å². The number of carbonyl (C=O) groups excluding carboxylic acids is 1. The molecule has 1 saturated heterocycles. The van der Waals surface area contributed by atoms with Gasteiger partial charge in [-0.1, -0.05) is 0 Å². The van der Waals surface area contributed by atoms with Gasteiger partial charge in [0.2, 0.25) is 6.23 Å². The second kappa shape index (κ2) is 6.94.